The Kier molecular flexibility index (Phi) is 5.38. The second-order valence-corrected chi connectivity index (χ2v) is 6.71. The minimum atomic E-state index is -0.0927. The summed E-state index contributed by atoms with van der Waals surface area (Å²) in [6, 6.07) is 17.6. The Balaban J connectivity index is 1.35. The molecule has 2 aromatic heterocycles. The van der Waals surface area contributed by atoms with E-state index in [2.05, 4.69) is 55.3 Å². The molecule has 0 radical (unpaired) electrons. The van der Waals surface area contributed by atoms with E-state index in [0.29, 0.717) is 5.82 Å². The molecule has 0 aliphatic heterocycles. The van der Waals surface area contributed by atoms with Gasteiger partial charge in [0.15, 0.2) is 0 Å². The molecule has 4 rings (SSSR count). The molecule has 2 aromatic carbocycles. The van der Waals surface area contributed by atoms with Crippen LogP contribution in [0.15, 0.2) is 67.1 Å². The summed E-state index contributed by atoms with van der Waals surface area (Å²) in [4.78, 5) is 23.0. The van der Waals surface area contributed by atoms with Crippen LogP contribution in [0.5, 0.6) is 0 Å². The van der Waals surface area contributed by atoms with E-state index >= 15 is 0 Å². The Morgan fingerprint density at radius 1 is 1.00 bits per heavy atom. The van der Waals surface area contributed by atoms with E-state index in [0.717, 1.165) is 35.7 Å². The van der Waals surface area contributed by atoms with Crippen molar-refractivity contribution in [1.82, 2.24) is 15.0 Å². The highest BCUT2D eigenvalue weighted by Gasteiger charge is 2.04. The quantitative estimate of drug-likeness (QED) is 0.380. The summed E-state index contributed by atoms with van der Waals surface area (Å²) in [7, 11) is 0. The number of fused-ring (bicyclic) bond motifs is 1. The van der Waals surface area contributed by atoms with Crippen LogP contribution in [-0.2, 0) is 11.2 Å². The second-order valence-electron chi connectivity index (χ2n) is 6.71. The average Bonchev–Trinajstić information content (AvgIpc) is 3.13. The van der Waals surface area contributed by atoms with Crippen molar-refractivity contribution in [2.75, 3.05) is 22.5 Å². The van der Waals surface area contributed by atoms with E-state index in [1.807, 2.05) is 36.4 Å². The van der Waals surface area contributed by atoms with Gasteiger partial charge in [-0.05, 0) is 42.3 Å². The second kappa shape index (κ2) is 8.43. The van der Waals surface area contributed by atoms with Crippen LogP contribution in [0, 0.1) is 0 Å². The van der Waals surface area contributed by atoms with E-state index in [4.69, 9.17) is 0 Å². The summed E-state index contributed by atoms with van der Waals surface area (Å²) in [6.45, 7) is 2.25. The monoisotopic (exact) mass is 386 g/mol. The van der Waals surface area contributed by atoms with Crippen molar-refractivity contribution in [2.45, 2.75) is 13.3 Å². The van der Waals surface area contributed by atoms with Gasteiger partial charge in [0.25, 0.3) is 0 Å². The highest BCUT2D eigenvalue weighted by Crippen LogP contribution is 2.20. The van der Waals surface area contributed by atoms with Gasteiger partial charge < -0.3 is 20.9 Å². The third-order valence-electron chi connectivity index (χ3n) is 4.52. The largest absolute Gasteiger partial charge is 0.370 e. The summed E-state index contributed by atoms with van der Waals surface area (Å²) >= 11 is 0. The molecule has 0 aliphatic rings. The summed E-state index contributed by atoms with van der Waals surface area (Å²) in [5, 5.41) is 10.6. The maximum absolute atomic E-state index is 11.1. The van der Waals surface area contributed by atoms with E-state index in [-0.39, 0.29) is 5.91 Å². The predicted octanol–water partition coefficient (Wildman–Crippen LogP) is 4.31. The highest BCUT2D eigenvalue weighted by molar-refractivity contribution is 5.88. The number of benzene rings is 2. The Hall–Kier alpha value is -3.87. The molecule has 146 valence electrons. The third kappa shape index (κ3) is 4.70. The molecule has 0 fully saturated rings. The van der Waals surface area contributed by atoms with Crippen LogP contribution in [-0.4, -0.2) is 27.4 Å². The first-order valence-corrected chi connectivity index (χ1v) is 9.43. The molecule has 0 spiro atoms. The number of anilines is 4. The van der Waals surface area contributed by atoms with Crippen molar-refractivity contribution in [3.05, 3.63) is 72.7 Å². The maximum Gasteiger partial charge on any atom is 0.221 e. The fourth-order valence-electron chi connectivity index (χ4n) is 3.17. The van der Waals surface area contributed by atoms with Crippen LogP contribution >= 0.6 is 0 Å². The third-order valence-corrected chi connectivity index (χ3v) is 4.52. The van der Waals surface area contributed by atoms with E-state index in [1.165, 1.54) is 24.2 Å². The number of H-pyrrole nitrogens is 1. The summed E-state index contributed by atoms with van der Waals surface area (Å²) in [6.07, 6.45) is 4.48. The molecule has 1 amide bonds. The number of carbonyl (C=O) groups is 1. The molecule has 0 saturated heterocycles. The predicted molar refractivity (Wildman–Crippen MR) is 117 cm³/mol. The zero-order chi connectivity index (χ0) is 20.1. The molecule has 0 unspecified atom stereocenters. The van der Waals surface area contributed by atoms with E-state index in [9.17, 15) is 4.79 Å². The topological polar surface area (TPSA) is 94.7 Å². The molecule has 0 atom stereocenters. The van der Waals surface area contributed by atoms with Crippen molar-refractivity contribution in [1.29, 1.82) is 0 Å². The number of para-hydroxylation sites is 1. The summed E-state index contributed by atoms with van der Waals surface area (Å²) in [5.41, 5.74) is 4.06. The smallest absolute Gasteiger partial charge is 0.221 e. The first-order chi connectivity index (χ1) is 14.2. The van der Waals surface area contributed by atoms with Crippen LogP contribution < -0.4 is 16.0 Å². The van der Waals surface area contributed by atoms with Gasteiger partial charge in [-0.25, -0.2) is 9.97 Å². The molecular formula is C22H22N6O. The standard InChI is InChI=1S/C22H22N6O/c1-15(29)27-17-6-8-18(9-7-17)28-22-12-21(25-14-26-22)23-11-10-16-13-24-20-5-3-2-4-19(16)20/h2-9,12-14,24H,10-11H2,1H3,(H,27,29)(H2,23,25,26,28). The van der Waals surface area contributed by atoms with Crippen LogP contribution in [0.4, 0.5) is 23.0 Å². The molecule has 0 bridgehead atoms. The molecule has 4 aromatic rings. The first-order valence-electron chi connectivity index (χ1n) is 9.43. The SMILES string of the molecule is CC(=O)Nc1ccc(Nc2cc(NCCc3c[nH]c4ccccc34)ncn2)cc1. The van der Waals surface area contributed by atoms with E-state index < -0.39 is 0 Å². The lowest BCUT2D eigenvalue weighted by molar-refractivity contribution is -0.114. The Bertz CT molecular complexity index is 1120. The fourth-order valence-corrected chi connectivity index (χ4v) is 3.17. The molecule has 29 heavy (non-hydrogen) atoms. The minimum absolute atomic E-state index is 0.0927. The van der Waals surface area contributed by atoms with Gasteiger partial charge in [-0.1, -0.05) is 18.2 Å². The normalized spacial score (nSPS) is 10.7. The van der Waals surface area contributed by atoms with Gasteiger partial charge in [-0.3, -0.25) is 4.79 Å². The molecule has 0 saturated carbocycles. The van der Waals surface area contributed by atoms with Crippen LogP contribution in [0.3, 0.4) is 0 Å². The number of carbonyl (C=O) groups excluding carboxylic acids is 1. The van der Waals surface area contributed by atoms with Gasteiger partial charge in [0.05, 0.1) is 0 Å². The summed E-state index contributed by atoms with van der Waals surface area (Å²) in [5.74, 6) is 1.36. The van der Waals surface area contributed by atoms with Gasteiger partial charge >= 0.3 is 0 Å². The molecule has 0 aliphatic carbocycles. The number of hydrogen-bond donors (Lipinski definition) is 4. The Labute approximate surface area is 168 Å². The van der Waals surface area contributed by atoms with Crippen LogP contribution in [0.2, 0.25) is 0 Å². The molecule has 2 heterocycles. The van der Waals surface area contributed by atoms with Crippen LogP contribution in [0.1, 0.15) is 12.5 Å². The van der Waals surface area contributed by atoms with Gasteiger partial charge in [0, 0.05) is 48.0 Å². The number of rotatable bonds is 7. The average molecular weight is 386 g/mol. The number of nitrogens with one attached hydrogen (secondary N) is 4. The van der Waals surface area contributed by atoms with Crippen molar-refractivity contribution in [3.63, 3.8) is 0 Å². The number of amides is 1. The highest BCUT2D eigenvalue weighted by atomic mass is 16.1. The van der Waals surface area contributed by atoms with Gasteiger partial charge in [0.2, 0.25) is 5.91 Å². The van der Waals surface area contributed by atoms with E-state index in [1.54, 1.807) is 0 Å². The summed E-state index contributed by atoms with van der Waals surface area (Å²) < 4.78 is 0. The number of hydrogen-bond acceptors (Lipinski definition) is 5. The van der Waals surface area contributed by atoms with Crippen LogP contribution in [0.25, 0.3) is 10.9 Å². The number of aromatic amines is 1. The number of aromatic nitrogens is 3. The fraction of sp³-hybridized carbons (Fsp3) is 0.136. The maximum atomic E-state index is 11.1. The lowest BCUT2D eigenvalue weighted by Gasteiger charge is -2.09. The van der Waals surface area contributed by atoms with Crippen molar-refractivity contribution < 1.29 is 4.79 Å². The minimum Gasteiger partial charge on any atom is -0.370 e. The van der Waals surface area contributed by atoms with Crippen molar-refractivity contribution in [3.8, 4) is 0 Å². The number of nitrogens with zero attached hydrogens (tertiary/aromatic N) is 2. The van der Waals surface area contributed by atoms with Gasteiger partial charge in [-0.2, -0.15) is 0 Å². The Morgan fingerprint density at radius 3 is 2.59 bits per heavy atom. The molecule has 7 heteroatoms. The lowest BCUT2D eigenvalue weighted by atomic mass is 10.1. The zero-order valence-electron chi connectivity index (χ0n) is 16.1. The molecule has 7 nitrogen and oxygen atoms in total. The van der Waals surface area contributed by atoms with Crippen molar-refractivity contribution in [2.24, 2.45) is 0 Å². The first kappa shape index (κ1) is 18.5. The molecule has 4 N–H and O–H groups in total. The Morgan fingerprint density at radius 2 is 1.76 bits per heavy atom. The van der Waals surface area contributed by atoms with Gasteiger partial charge in [0.1, 0.15) is 18.0 Å². The van der Waals surface area contributed by atoms with Gasteiger partial charge in [-0.15, -0.1) is 0 Å². The molecular weight excluding hydrogens is 364 g/mol. The zero-order valence-corrected chi connectivity index (χ0v) is 16.1. The lowest BCUT2D eigenvalue weighted by Crippen LogP contribution is -2.07. The van der Waals surface area contributed by atoms with Crippen molar-refractivity contribution >= 4 is 39.8 Å².